The van der Waals surface area contributed by atoms with Crippen molar-refractivity contribution < 1.29 is 9.84 Å². The predicted octanol–water partition coefficient (Wildman–Crippen LogP) is 2.72. The standard InChI is InChI=1S/C15H20N2O2/c1-2-19-12-6-9-15(18)14-10-11-16-17(14)13-7-4-3-5-8-13/h3-5,7-8,10-11,15,18H,2,6,9,12H2,1H3. The van der Waals surface area contributed by atoms with Gasteiger partial charge >= 0.3 is 0 Å². The minimum Gasteiger partial charge on any atom is -0.387 e. The van der Waals surface area contributed by atoms with Crippen LogP contribution in [0.2, 0.25) is 0 Å². The van der Waals surface area contributed by atoms with Gasteiger partial charge in [-0.3, -0.25) is 0 Å². The molecule has 0 aliphatic heterocycles. The van der Waals surface area contributed by atoms with E-state index in [2.05, 4.69) is 5.10 Å². The molecule has 0 fully saturated rings. The molecule has 1 aromatic heterocycles. The monoisotopic (exact) mass is 260 g/mol. The number of ether oxygens (including phenoxy) is 1. The van der Waals surface area contributed by atoms with Gasteiger partial charge in [-0.1, -0.05) is 18.2 Å². The molecule has 4 heteroatoms. The molecule has 1 N–H and O–H groups in total. The minimum absolute atomic E-state index is 0.511. The highest BCUT2D eigenvalue weighted by molar-refractivity contribution is 5.32. The number of nitrogens with zero attached hydrogens (tertiary/aromatic N) is 2. The van der Waals surface area contributed by atoms with Crippen molar-refractivity contribution in [2.45, 2.75) is 25.9 Å². The van der Waals surface area contributed by atoms with Gasteiger partial charge in [0.25, 0.3) is 0 Å². The van der Waals surface area contributed by atoms with Crippen LogP contribution >= 0.6 is 0 Å². The van der Waals surface area contributed by atoms with Gasteiger partial charge in [0, 0.05) is 19.4 Å². The summed E-state index contributed by atoms with van der Waals surface area (Å²) in [5.41, 5.74) is 1.79. The topological polar surface area (TPSA) is 47.3 Å². The Hall–Kier alpha value is -1.65. The van der Waals surface area contributed by atoms with E-state index in [0.717, 1.165) is 24.4 Å². The number of aliphatic hydroxyl groups is 1. The molecule has 0 amide bonds. The smallest absolute Gasteiger partial charge is 0.0962 e. The van der Waals surface area contributed by atoms with E-state index in [-0.39, 0.29) is 0 Å². The van der Waals surface area contributed by atoms with Crippen molar-refractivity contribution in [3.05, 3.63) is 48.3 Å². The van der Waals surface area contributed by atoms with E-state index in [1.807, 2.05) is 43.3 Å². The van der Waals surface area contributed by atoms with Crippen molar-refractivity contribution in [1.29, 1.82) is 0 Å². The highest BCUT2D eigenvalue weighted by Crippen LogP contribution is 2.20. The Balaban J connectivity index is 2.03. The molecule has 0 aliphatic rings. The maximum Gasteiger partial charge on any atom is 0.0962 e. The number of hydrogen-bond donors (Lipinski definition) is 1. The van der Waals surface area contributed by atoms with Gasteiger partial charge < -0.3 is 9.84 Å². The maximum absolute atomic E-state index is 10.2. The molecule has 0 aliphatic carbocycles. The lowest BCUT2D eigenvalue weighted by Gasteiger charge is -2.13. The summed E-state index contributed by atoms with van der Waals surface area (Å²) in [6, 6.07) is 11.7. The third-order valence-corrected chi connectivity index (χ3v) is 2.98. The van der Waals surface area contributed by atoms with Gasteiger partial charge in [-0.05, 0) is 38.0 Å². The highest BCUT2D eigenvalue weighted by atomic mass is 16.5. The van der Waals surface area contributed by atoms with Gasteiger partial charge in [0.1, 0.15) is 0 Å². The van der Waals surface area contributed by atoms with Crippen LogP contribution in [0.3, 0.4) is 0 Å². The fourth-order valence-electron chi connectivity index (χ4n) is 2.02. The van der Waals surface area contributed by atoms with E-state index in [9.17, 15) is 5.11 Å². The Morgan fingerprint density at radius 1 is 1.26 bits per heavy atom. The van der Waals surface area contributed by atoms with Gasteiger partial charge in [-0.2, -0.15) is 5.10 Å². The van der Waals surface area contributed by atoms with Crippen molar-refractivity contribution in [2.24, 2.45) is 0 Å². The summed E-state index contributed by atoms with van der Waals surface area (Å²) in [6.45, 7) is 3.38. The fraction of sp³-hybridized carbons (Fsp3) is 0.400. The van der Waals surface area contributed by atoms with Crippen LogP contribution in [0.4, 0.5) is 0 Å². The van der Waals surface area contributed by atoms with E-state index in [1.165, 1.54) is 0 Å². The average Bonchev–Trinajstić information content (AvgIpc) is 2.94. The normalized spacial score (nSPS) is 12.5. The predicted molar refractivity (Wildman–Crippen MR) is 74.3 cm³/mol. The van der Waals surface area contributed by atoms with Gasteiger partial charge in [0.2, 0.25) is 0 Å². The summed E-state index contributed by atoms with van der Waals surface area (Å²) in [5, 5.41) is 14.5. The van der Waals surface area contributed by atoms with Crippen LogP contribution in [0, 0.1) is 0 Å². The van der Waals surface area contributed by atoms with Crippen LogP contribution in [0.15, 0.2) is 42.6 Å². The van der Waals surface area contributed by atoms with Crippen LogP contribution < -0.4 is 0 Å². The van der Waals surface area contributed by atoms with Crippen molar-refractivity contribution in [3.63, 3.8) is 0 Å². The molecule has 102 valence electrons. The van der Waals surface area contributed by atoms with E-state index >= 15 is 0 Å². The molecule has 19 heavy (non-hydrogen) atoms. The molecular weight excluding hydrogens is 240 g/mol. The van der Waals surface area contributed by atoms with Gasteiger partial charge in [-0.15, -0.1) is 0 Å². The number of para-hydroxylation sites is 1. The molecule has 0 saturated carbocycles. The summed E-state index contributed by atoms with van der Waals surface area (Å²) in [4.78, 5) is 0. The third-order valence-electron chi connectivity index (χ3n) is 2.98. The van der Waals surface area contributed by atoms with Gasteiger partial charge in [0.15, 0.2) is 0 Å². The van der Waals surface area contributed by atoms with E-state index in [0.29, 0.717) is 13.0 Å². The molecule has 4 nitrogen and oxygen atoms in total. The van der Waals surface area contributed by atoms with Gasteiger partial charge in [-0.25, -0.2) is 4.68 Å². The highest BCUT2D eigenvalue weighted by Gasteiger charge is 2.13. The van der Waals surface area contributed by atoms with Gasteiger partial charge in [0.05, 0.1) is 17.5 Å². The first-order valence-corrected chi connectivity index (χ1v) is 6.68. The van der Waals surface area contributed by atoms with Crippen molar-refractivity contribution in [3.8, 4) is 5.69 Å². The molecule has 1 atom stereocenters. The second-order valence-electron chi connectivity index (χ2n) is 4.36. The Labute approximate surface area is 113 Å². The number of rotatable bonds is 7. The molecular formula is C15H20N2O2. The third kappa shape index (κ3) is 3.66. The summed E-state index contributed by atoms with van der Waals surface area (Å²) in [6.07, 6.45) is 2.73. The summed E-state index contributed by atoms with van der Waals surface area (Å²) in [5.74, 6) is 0. The number of aromatic nitrogens is 2. The van der Waals surface area contributed by atoms with Crippen LogP contribution in [0.25, 0.3) is 5.69 Å². The Kier molecular flexibility index (Phi) is 5.12. The lowest BCUT2D eigenvalue weighted by molar-refractivity contribution is 0.112. The van der Waals surface area contributed by atoms with Crippen LogP contribution in [-0.2, 0) is 4.74 Å². The summed E-state index contributed by atoms with van der Waals surface area (Å²) < 4.78 is 7.07. The molecule has 0 saturated heterocycles. The Bertz CT molecular complexity index is 482. The zero-order chi connectivity index (χ0) is 13.5. The zero-order valence-electron chi connectivity index (χ0n) is 11.2. The second-order valence-corrected chi connectivity index (χ2v) is 4.36. The second kappa shape index (κ2) is 7.07. The first-order valence-electron chi connectivity index (χ1n) is 6.68. The Morgan fingerprint density at radius 3 is 2.79 bits per heavy atom. The lowest BCUT2D eigenvalue weighted by Crippen LogP contribution is -2.08. The molecule has 2 rings (SSSR count). The first kappa shape index (κ1) is 13.8. The molecule has 1 aromatic carbocycles. The van der Waals surface area contributed by atoms with Crippen molar-refractivity contribution >= 4 is 0 Å². The molecule has 1 heterocycles. The summed E-state index contributed by atoms with van der Waals surface area (Å²) >= 11 is 0. The minimum atomic E-state index is -0.511. The first-order chi connectivity index (χ1) is 9.33. The number of aliphatic hydroxyl groups excluding tert-OH is 1. The van der Waals surface area contributed by atoms with E-state index in [4.69, 9.17) is 4.74 Å². The molecule has 0 radical (unpaired) electrons. The lowest BCUT2D eigenvalue weighted by atomic mass is 10.1. The molecule has 0 spiro atoms. The maximum atomic E-state index is 10.2. The zero-order valence-corrected chi connectivity index (χ0v) is 11.2. The summed E-state index contributed by atoms with van der Waals surface area (Å²) in [7, 11) is 0. The molecule has 1 unspecified atom stereocenters. The van der Waals surface area contributed by atoms with Crippen LogP contribution in [0.1, 0.15) is 31.6 Å². The SMILES string of the molecule is CCOCCCC(O)c1ccnn1-c1ccccc1. The average molecular weight is 260 g/mol. The van der Waals surface area contributed by atoms with Crippen LogP contribution in [-0.4, -0.2) is 28.1 Å². The van der Waals surface area contributed by atoms with Crippen molar-refractivity contribution in [2.75, 3.05) is 13.2 Å². The molecule has 2 aromatic rings. The van der Waals surface area contributed by atoms with Crippen LogP contribution in [0.5, 0.6) is 0 Å². The number of benzene rings is 1. The quantitative estimate of drug-likeness (QED) is 0.779. The van der Waals surface area contributed by atoms with E-state index in [1.54, 1.807) is 10.9 Å². The molecule has 0 bridgehead atoms. The van der Waals surface area contributed by atoms with E-state index < -0.39 is 6.10 Å². The fourth-order valence-corrected chi connectivity index (χ4v) is 2.02. The van der Waals surface area contributed by atoms with Crippen molar-refractivity contribution in [1.82, 2.24) is 9.78 Å². The number of hydrogen-bond acceptors (Lipinski definition) is 3. The Morgan fingerprint density at radius 2 is 2.05 bits per heavy atom. The largest absolute Gasteiger partial charge is 0.387 e.